The molecule has 0 aromatic heterocycles. The van der Waals surface area contributed by atoms with Gasteiger partial charge in [0.25, 0.3) is 5.91 Å². The molecule has 6 aliphatic rings. The number of rotatable bonds is 5. The van der Waals surface area contributed by atoms with Gasteiger partial charge in [-0.2, -0.15) is 0 Å². The summed E-state index contributed by atoms with van der Waals surface area (Å²) in [6.45, 7) is 3.39. The van der Waals surface area contributed by atoms with Crippen molar-refractivity contribution >= 4 is 11.8 Å². The van der Waals surface area contributed by atoms with Crippen molar-refractivity contribution in [3.8, 4) is 0 Å². The van der Waals surface area contributed by atoms with E-state index in [4.69, 9.17) is 9.47 Å². The van der Waals surface area contributed by atoms with E-state index in [0.717, 1.165) is 74.1 Å². The van der Waals surface area contributed by atoms with E-state index in [1.54, 1.807) is 0 Å². The van der Waals surface area contributed by atoms with Crippen LogP contribution in [-0.2, 0) is 20.8 Å². The molecule has 178 valence electrons. The molecule has 0 radical (unpaired) electrons. The molecule has 4 bridgehead atoms. The Bertz CT molecular complexity index is 849. The minimum absolute atomic E-state index is 0.0878. The second-order valence-corrected chi connectivity index (χ2v) is 11.3. The minimum atomic E-state index is -0.106. The molecule has 0 atom stereocenters. The lowest BCUT2D eigenvalue weighted by atomic mass is 9.49. The van der Waals surface area contributed by atoms with E-state index in [-0.39, 0.29) is 23.5 Å². The van der Waals surface area contributed by atoms with Crippen LogP contribution < -0.4 is 5.32 Å². The normalized spacial score (nSPS) is 34.1. The van der Waals surface area contributed by atoms with Crippen LogP contribution in [0.2, 0.25) is 0 Å². The fourth-order valence-electron chi connectivity index (χ4n) is 7.73. The zero-order chi connectivity index (χ0) is 22.4. The molecular weight excluding hydrogens is 416 g/mol. The highest BCUT2D eigenvalue weighted by Crippen LogP contribution is 2.60. The van der Waals surface area contributed by atoms with Crippen LogP contribution in [0.5, 0.6) is 0 Å². The summed E-state index contributed by atoms with van der Waals surface area (Å²) in [6.07, 6.45) is 9.08. The first-order chi connectivity index (χ1) is 16.1. The molecule has 33 heavy (non-hydrogen) atoms. The Morgan fingerprint density at radius 1 is 0.909 bits per heavy atom. The lowest BCUT2D eigenvalue weighted by Gasteiger charge is -2.55. The van der Waals surface area contributed by atoms with Gasteiger partial charge >= 0.3 is 0 Å². The molecule has 7 rings (SSSR count). The van der Waals surface area contributed by atoms with E-state index in [2.05, 4.69) is 5.32 Å². The minimum Gasteiger partial charge on any atom is -0.352 e. The number of nitrogens with zero attached hydrogens (tertiary/aromatic N) is 1. The maximum absolute atomic E-state index is 13.2. The lowest BCUT2D eigenvalue weighted by Crippen LogP contribution is -2.53. The summed E-state index contributed by atoms with van der Waals surface area (Å²) >= 11 is 0. The molecule has 6 fully saturated rings. The zero-order valence-electron chi connectivity index (χ0n) is 19.5. The Kier molecular flexibility index (Phi) is 5.69. The van der Waals surface area contributed by atoms with Crippen molar-refractivity contribution in [2.24, 2.45) is 29.1 Å². The van der Waals surface area contributed by atoms with E-state index >= 15 is 0 Å². The first kappa shape index (κ1) is 21.6. The summed E-state index contributed by atoms with van der Waals surface area (Å²) in [7, 11) is 0. The molecule has 1 aromatic rings. The average molecular weight is 453 g/mol. The molecule has 6 nitrogen and oxygen atoms in total. The number of carbonyl (C=O) groups is 2. The van der Waals surface area contributed by atoms with Gasteiger partial charge in [0.05, 0.1) is 13.2 Å². The van der Waals surface area contributed by atoms with E-state index in [1.807, 2.05) is 29.2 Å². The number of ether oxygens (including phenoxy) is 2. The molecule has 6 heteroatoms. The van der Waals surface area contributed by atoms with Crippen molar-refractivity contribution < 1.29 is 19.1 Å². The largest absolute Gasteiger partial charge is 0.352 e. The SMILES string of the molecule is O=C(c1ccc(CNC(=O)C23CC4CC(CC(C4)C2)C3)cc1)N1CCC(C2OCCO2)CC1. The number of piperidine rings is 1. The Hall–Kier alpha value is -1.92. The maximum atomic E-state index is 13.2. The van der Waals surface area contributed by atoms with Gasteiger partial charge in [0, 0.05) is 36.5 Å². The summed E-state index contributed by atoms with van der Waals surface area (Å²) in [6, 6.07) is 7.79. The van der Waals surface area contributed by atoms with Crippen molar-refractivity contribution in [3.63, 3.8) is 0 Å². The van der Waals surface area contributed by atoms with Crippen LogP contribution in [0.15, 0.2) is 24.3 Å². The lowest BCUT2D eigenvalue weighted by molar-refractivity contribution is -0.146. The van der Waals surface area contributed by atoms with Crippen molar-refractivity contribution in [1.29, 1.82) is 0 Å². The number of carbonyl (C=O) groups excluding carboxylic acids is 2. The van der Waals surface area contributed by atoms with Crippen LogP contribution in [0.4, 0.5) is 0 Å². The van der Waals surface area contributed by atoms with E-state index in [1.165, 1.54) is 19.3 Å². The molecular formula is C27H36N2O4. The molecule has 2 amide bonds. The van der Waals surface area contributed by atoms with E-state index in [0.29, 0.717) is 25.7 Å². The topological polar surface area (TPSA) is 67.9 Å². The fraction of sp³-hybridized carbons (Fsp3) is 0.704. The first-order valence-electron chi connectivity index (χ1n) is 13.0. The van der Waals surface area contributed by atoms with Crippen LogP contribution in [0.25, 0.3) is 0 Å². The molecule has 4 saturated carbocycles. The number of benzene rings is 1. The smallest absolute Gasteiger partial charge is 0.253 e. The van der Waals surface area contributed by atoms with Gasteiger partial charge < -0.3 is 19.7 Å². The number of nitrogens with one attached hydrogen (secondary N) is 1. The predicted molar refractivity (Wildman–Crippen MR) is 123 cm³/mol. The summed E-state index contributed by atoms with van der Waals surface area (Å²) in [4.78, 5) is 28.1. The third-order valence-electron chi connectivity index (χ3n) is 9.03. The number of hydrogen-bond donors (Lipinski definition) is 1. The van der Waals surface area contributed by atoms with Gasteiger partial charge in [0.1, 0.15) is 0 Å². The van der Waals surface area contributed by atoms with Crippen molar-refractivity contribution in [3.05, 3.63) is 35.4 Å². The van der Waals surface area contributed by atoms with Crippen molar-refractivity contribution in [2.45, 2.75) is 64.2 Å². The second-order valence-electron chi connectivity index (χ2n) is 11.3. The molecule has 4 aliphatic carbocycles. The molecule has 2 heterocycles. The molecule has 0 unspecified atom stereocenters. The van der Waals surface area contributed by atoms with Crippen LogP contribution in [-0.4, -0.2) is 49.3 Å². The van der Waals surface area contributed by atoms with Gasteiger partial charge in [0.15, 0.2) is 6.29 Å². The monoisotopic (exact) mass is 452 g/mol. The van der Waals surface area contributed by atoms with Crippen LogP contribution >= 0.6 is 0 Å². The van der Waals surface area contributed by atoms with E-state index < -0.39 is 0 Å². The van der Waals surface area contributed by atoms with Crippen LogP contribution in [0.3, 0.4) is 0 Å². The highest BCUT2D eigenvalue weighted by atomic mass is 16.7. The zero-order valence-corrected chi connectivity index (χ0v) is 19.5. The standard InChI is InChI=1S/C27H36N2O4/c30-24(29-7-5-23(6-8-29)25-32-9-10-33-25)22-3-1-18(2-4-22)17-28-26(31)27-14-19-11-20(15-27)13-21(12-19)16-27/h1-4,19-21,23,25H,5-17H2,(H,28,31). The number of hydrogen-bond acceptors (Lipinski definition) is 4. The summed E-state index contributed by atoms with van der Waals surface area (Å²) < 4.78 is 11.3. The summed E-state index contributed by atoms with van der Waals surface area (Å²) in [5.74, 6) is 3.06. The van der Waals surface area contributed by atoms with Gasteiger partial charge in [-0.15, -0.1) is 0 Å². The Labute approximate surface area is 196 Å². The quantitative estimate of drug-likeness (QED) is 0.739. The molecule has 2 aliphatic heterocycles. The highest BCUT2D eigenvalue weighted by Gasteiger charge is 2.54. The average Bonchev–Trinajstić information content (AvgIpc) is 3.37. The van der Waals surface area contributed by atoms with Crippen molar-refractivity contribution in [2.75, 3.05) is 26.3 Å². The van der Waals surface area contributed by atoms with Crippen LogP contribution in [0.1, 0.15) is 67.3 Å². The van der Waals surface area contributed by atoms with Gasteiger partial charge in [-0.25, -0.2) is 0 Å². The predicted octanol–water partition coefficient (Wildman–Crippen LogP) is 3.74. The Morgan fingerprint density at radius 2 is 1.48 bits per heavy atom. The van der Waals surface area contributed by atoms with Gasteiger partial charge in [-0.3, -0.25) is 9.59 Å². The third-order valence-corrected chi connectivity index (χ3v) is 9.03. The van der Waals surface area contributed by atoms with Crippen LogP contribution in [0, 0.1) is 29.1 Å². The third kappa shape index (κ3) is 4.21. The molecule has 2 saturated heterocycles. The number of likely N-dealkylation sites (tertiary alicyclic amines) is 1. The van der Waals surface area contributed by atoms with Crippen molar-refractivity contribution in [1.82, 2.24) is 10.2 Å². The molecule has 0 spiro atoms. The Balaban J connectivity index is 1.01. The first-order valence-corrected chi connectivity index (χ1v) is 13.0. The van der Waals surface area contributed by atoms with Gasteiger partial charge in [0.2, 0.25) is 5.91 Å². The summed E-state index contributed by atoms with van der Waals surface area (Å²) in [5.41, 5.74) is 1.67. The number of amides is 2. The summed E-state index contributed by atoms with van der Waals surface area (Å²) in [5, 5.41) is 3.24. The molecule has 1 N–H and O–H groups in total. The Morgan fingerprint density at radius 3 is 2.06 bits per heavy atom. The van der Waals surface area contributed by atoms with E-state index in [9.17, 15) is 9.59 Å². The maximum Gasteiger partial charge on any atom is 0.253 e. The highest BCUT2D eigenvalue weighted by molar-refractivity contribution is 5.94. The van der Waals surface area contributed by atoms with Gasteiger partial charge in [-0.05, 0) is 86.8 Å². The molecule has 1 aromatic carbocycles. The fourth-order valence-corrected chi connectivity index (χ4v) is 7.73. The van der Waals surface area contributed by atoms with Gasteiger partial charge in [-0.1, -0.05) is 12.1 Å². The second kappa shape index (κ2) is 8.70.